The van der Waals surface area contributed by atoms with Gasteiger partial charge in [0, 0.05) is 30.6 Å². The molecule has 104 valence electrons. The predicted molar refractivity (Wildman–Crippen MR) is 76.8 cm³/mol. The van der Waals surface area contributed by atoms with E-state index in [0.29, 0.717) is 6.42 Å². The van der Waals surface area contributed by atoms with E-state index >= 15 is 0 Å². The van der Waals surface area contributed by atoms with Gasteiger partial charge < -0.3 is 15.8 Å². The third kappa shape index (κ3) is 2.94. The number of aliphatic carboxylic acids is 1. The number of para-hydroxylation sites is 1. The molecule has 1 unspecified atom stereocenters. The van der Waals surface area contributed by atoms with Crippen LogP contribution in [0.4, 0.5) is 0 Å². The molecule has 1 heterocycles. The molecule has 0 amide bonds. The minimum atomic E-state index is -0.784. The number of carboxylic acids is 1. The highest BCUT2D eigenvalue weighted by Crippen LogP contribution is 2.22. The van der Waals surface area contributed by atoms with E-state index in [1.165, 1.54) is 0 Å². The molecule has 5 heteroatoms. The Morgan fingerprint density at radius 2 is 2.00 bits per heavy atom. The standard InChI is InChI=1S/C14H18N2O2.H3N/c1-15(2)13(14(17)18)8-10-9-16(3)12-7-5-4-6-11(10)12;/h4-7,9,13H,8H2,1-3H3,(H,17,18);1H3. The average Bonchev–Trinajstić information content (AvgIpc) is 2.63. The molecular weight excluding hydrogens is 242 g/mol. The number of rotatable bonds is 4. The summed E-state index contributed by atoms with van der Waals surface area (Å²) in [6.07, 6.45) is 2.54. The normalized spacial score (nSPS) is 12.4. The number of aromatic nitrogens is 1. The van der Waals surface area contributed by atoms with Gasteiger partial charge in [-0.05, 0) is 25.7 Å². The maximum Gasteiger partial charge on any atom is 0.321 e. The van der Waals surface area contributed by atoms with Crippen LogP contribution in [-0.4, -0.2) is 40.7 Å². The van der Waals surface area contributed by atoms with Gasteiger partial charge in [-0.3, -0.25) is 9.69 Å². The average molecular weight is 263 g/mol. The van der Waals surface area contributed by atoms with Crippen molar-refractivity contribution in [2.24, 2.45) is 7.05 Å². The fourth-order valence-electron chi connectivity index (χ4n) is 2.29. The Bertz CT molecular complexity index is 575. The van der Waals surface area contributed by atoms with Crippen molar-refractivity contribution in [2.75, 3.05) is 14.1 Å². The highest BCUT2D eigenvalue weighted by Gasteiger charge is 2.21. The van der Waals surface area contributed by atoms with Crippen LogP contribution >= 0.6 is 0 Å². The van der Waals surface area contributed by atoms with Crippen molar-refractivity contribution in [3.8, 4) is 0 Å². The first-order valence-electron chi connectivity index (χ1n) is 5.93. The number of benzene rings is 1. The summed E-state index contributed by atoms with van der Waals surface area (Å²) < 4.78 is 2.04. The summed E-state index contributed by atoms with van der Waals surface area (Å²) in [5, 5.41) is 10.4. The molecular formula is C14H21N3O2. The van der Waals surface area contributed by atoms with Crippen molar-refractivity contribution in [2.45, 2.75) is 12.5 Å². The van der Waals surface area contributed by atoms with Gasteiger partial charge in [0.25, 0.3) is 0 Å². The van der Waals surface area contributed by atoms with Crippen LogP contribution in [-0.2, 0) is 18.3 Å². The Morgan fingerprint density at radius 1 is 1.37 bits per heavy atom. The maximum atomic E-state index is 11.2. The molecule has 0 aliphatic heterocycles. The second-order valence-electron chi connectivity index (χ2n) is 4.80. The topological polar surface area (TPSA) is 80.5 Å². The fourth-order valence-corrected chi connectivity index (χ4v) is 2.29. The second kappa shape index (κ2) is 5.86. The summed E-state index contributed by atoms with van der Waals surface area (Å²) in [7, 11) is 5.57. The Kier molecular flexibility index (Phi) is 4.69. The van der Waals surface area contributed by atoms with Gasteiger partial charge in [0.1, 0.15) is 6.04 Å². The molecule has 0 fully saturated rings. The molecule has 0 aliphatic carbocycles. The van der Waals surface area contributed by atoms with Crippen molar-refractivity contribution in [3.63, 3.8) is 0 Å². The van der Waals surface area contributed by atoms with Gasteiger partial charge in [0.2, 0.25) is 0 Å². The highest BCUT2D eigenvalue weighted by molar-refractivity contribution is 5.85. The Labute approximate surface area is 113 Å². The smallest absolute Gasteiger partial charge is 0.321 e. The van der Waals surface area contributed by atoms with Gasteiger partial charge in [0.15, 0.2) is 0 Å². The lowest BCUT2D eigenvalue weighted by atomic mass is 10.0. The van der Waals surface area contributed by atoms with Crippen LogP contribution in [0.2, 0.25) is 0 Å². The molecule has 2 aromatic rings. The first kappa shape index (κ1) is 15.2. The van der Waals surface area contributed by atoms with Gasteiger partial charge in [-0.15, -0.1) is 0 Å². The Morgan fingerprint density at radius 3 is 2.58 bits per heavy atom. The number of aryl methyl sites for hydroxylation is 1. The number of carbonyl (C=O) groups is 1. The van der Waals surface area contributed by atoms with Gasteiger partial charge in [-0.2, -0.15) is 0 Å². The van der Waals surface area contributed by atoms with Crippen LogP contribution in [0, 0.1) is 0 Å². The number of hydrogen-bond acceptors (Lipinski definition) is 3. The minimum absolute atomic E-state index is 0. The molecule has 0 saturated heterocycles. The van der Waals surface area contributed by atoms with Crippen LogP contribution in [0.25, 0.3) is 10.9 Å². The van der Waals surface area contributed by atoms with E-state index < -0.39 is 12.0 Å². The SMILES string of the molecule is CN(C)C(Cc1cn(C)c2ccccc12)C(=O)O.N. The molecule has 0 bridgehead atoms. The van der Waals surface area contributed by atoms with E-state index in [-0.39, 0.29) is 6.15 Å². The summed E-state index contributed by atoms with van der Waals surface area (Å²) in [5.74, 6) is -0.784. The van der Waals surface area contributed by atoms with Crippen molar-refractivity contribution in [3.05, 3.63) is 36.0 Å². The number of likely N-dealkylation sites (N-methyl/N-ethyl adjacent to an activating group) is 1. The van der Waals surface area contributed by atoms with Crippen LogP contribution in [0.1, 0.15) is 5.56 Å². The molecule has 1 atom stereocenters. The highest BCUT2D eigenvalue weighted by atomic mass is 16.4. The van der Waals surface area contributed by atoms with Crippen LogP contribution < -0.4 is 6.15 Å². The molecule has 2 rings (SSSR count). The summed E-state index contributed by atoms with van der Waals surface area (Å²) in [6.45, 7) is 0. The van der Waals surface area contributed by atoms with E-state index in [9.17, 15) is 9.90 Å². The Hall–Kier alpha value is -1.85. The molecule has 0 radical (unpaired) electrons. The lowest BCUT2D eigenvalue weighted by Gasteiger charge is -2.19. The number of fused-ring (bicyclic) bond motifs is 1. The quantitative estimate of drug-likeness (QED) is 0.882. The molecule has 1 aromatic heterocycles. The number of nitrogens with zero attached hydrogens (tertiary/aromatic N) is 2. The lowest BCUT2D eigenvalue weighted by Crippen LogP contribution is -2.37. The van der Waals surface area contributed by atoms with Crippen LogP contribution in [0.15, 0.2) is 30.5 Å². The fraction of sp³-hybridized carbons (Fsp3) is 0.357. The van der Waals surface area contributed by atoms with Gasteiger partial charge in [-0.1, -0.05) is 18.2 Å². The largest absolute Gasteiger partial charge is 0.480 e. The summed E-state index contributed by atoms with van der Waals surface area (Å²) in [4.78, 5) is 13.0. The zero-order valence-corrected chi connectivity index (χ0v) is 11.6. The van der Waals surface area contributed by atoms with Gasteiger partial charge >= 0.3 is 5.97 Å². The van der Waals surface area contributed by atoms with Crippen LogP contribution in [0.5, 0.6) is 0 Å². The summed E-state index contributed by atoms with van der Waals surface area (Å²) in [6, 6.07) is 7.57. The van der Waals surface area contributed by atoms with E-state index in [4.69, 9.17) is 0 Å². The third-order valence-electron chi connectivity index (χ3n) is 3.30. The number of hydrogen-bond donors (Lipinski definition) is 2. The molecule has 0 saturated carbocycles. The summed E-state index contributed by atoms with van der Waals surface area (Å²) in [5.41, 5.74) is 2.21. The van der Waals surface area contributed by atoms with E-state index in [0.717, 1.165) is 16.5 Å². The van der Waals surface area contributed by atoms with Crippen molar-refractivity contribution in [1.29, 1.82) is 0 Å². The molecule has 1 aromatic carbocycles. The van der Waals surface area contributed by atoms with Gasteiger partial charge in [0.05, 0.1) is 0 Å². The van der Waals surface area contributed by atoms with Crippen molar-refractivity contribution in [1.82, 2.24) is 15.6 Å². The first-order chi connectivity index (χ1) is 8.50. The zero-order valence-electron chi connectivity index (χ0n) is 11.6. The molecule has 0 aliphatic rings. The van der Waals surface area contributed by atoms with E-state index in [1.54, 1.807) is 19.0 Å². The molecule has 19 heavy (non-hydrogen) atoms. The minimum Gasteiger partial charge on any atom is -0.480 e. The van der Waals surface area contributed by atoms with Gasteiger partial charge in [-0.25, -0.2) is 0 Å². The first-order valence-corrected chi connectivity index (χ1v) is 5.93. The van der Waals surface area contributed by atoms with Crippen molar-refractivity contribution < 1.29 is 9.90 Å². The van der Waals surface area contributed by atoms with E-state index in [2.05, 4.69) is 0 Å². The number of carboxylic acid groups (broad SMARTS) is 1. The molecule has 0 spiro atoms. The monoisotopic (exact) mass is 263 g/mol. The predicted octanol–water partition coefficient (Wildman–Crippen LogP) is 1.90. The molecule has 4 N–H and O–H groups in total. The summed E-state index contributed by atoms with van der Waals surface area (Å²) >= 11 is 0. The second-order valence-corrected chi connectivity index (χ2v) is 4.80. The Balaban J connectivity index is 0.00000180. The zero-order chi connectivity index (χ0) is 13.3. The van der Waals surface area contributed by atoms with E-state index in [1.807, 2.05) is 42.1 Å². The maximum absolute atomic E-state index is 11.2. The molecule has 5 nitrogen and oxygen atoms in total. The lowest BCUT2D eigenvalue weighted by molar-refractivity contribution is -0.142. The third-order valence-corrected chi connectivity index (χ3v) is 3.30. The van der Waals surface area contributed by atoms with Crippen molar-refractivity contribution >= 4 is 16.9 Å². The van der Waals surface area contributed by atoms with Crippen LogP contribution in [0.3, 0.4) is 0 Å².